The van der Waals surface area contributed by atoms with Crippen molar-refractivity contribution < 1.29 is 4.74 Å². The molecule has 0 atom stereocenters. The number of fused-ring (bicyclic) bond motifs is 1. The highest BCUT2D eigenvalue weighted by molar-refractivity contribution is 7.99. The lowest BCUT2D eigenvalue weighted by Crippen LogP contribution is -1.91. The van der Waals surface area contributed by atoms with Crippen molar-refractivity contribution in [3.8, 4) is 0 Å². The Bertz CT molecular complexity index is 455. The van der Waals surface area contributed by atoms with E-state index in [2.05, 4.69) is 9.97 Å². The Labute approximate surface area is 92.2 Å². The largest absolute Gasteiger partial charge is 0.399 e. The van der Waals surface area contributed by atoms with Gasteiger partial charge >= 0.3 is 0 Å². The first-order valence-corrected chi connectivity index (χ1v) is 5.65. The molecule has 15 heavy (non-hydrogen) atoms. The quantitative estimate of drug-likeness (QED) is 0.472. The van der Waals surface area contributed by atoms with E-state index in [9.17, 15) is 0 Å². The van der Waals surface area contributed by atoms with Gasteiger partial charge in [-0.25, -0.2) is 4.98 Å². The predicted molar refractivity (Wildman–Crippen MR) is 63.1 cm³/mol. The Morgan fingerprint density at radius 2 is 2.40 bits per heavy atom. The summed E-state index contributed by atoms with van der Waals surface area (Å²) in [7, 11) is 1.69. The van der Waals surface area contributed by atoms with Crippen LogP contribution in [0, 0.1) is 0 Å². The van der Waals surface area contributed by atoms with Gasteiger partial charge in [-0.2, -0.15) is 0 Å². The number of aromatic nitrogens is 2. The van der Waals surface area contributed by atoms with E-state index >= 15 is 0 Å². The smallest absolute Gasteiger partial charge is 0.166 e. The molecule has 3 N–H and O–H groups in total. The van der Waals surface area contributed by atoms with E-state index in [1.165, 1.54) is 0 Å². The zero-order valence-corrected chi connectivity index (χ0v) is 9.30. The summed E-state index contributed by atoms with van der Waals surface area (Å²) < 4.78 is 4.97. The van der Waals surface area contributed by atoms with E-state index in [4.69, 9.17) is 10.5 Å². The Morgan fingerprint density at radius 1 is 1.53 bits per heavy atom. The molecule has 2 rings (SSSR count). The number of nitrogens with zero attached hydrogens (tertiary/aromatic N) is 1. The molecule has 0 aliphatic heterocycles. The number of anilines is 1. The zero-order valence-electron chi connectivity index (χ0n) is 8.49. The first-order valence-electron chi connectivity index (χ1n) is 4.66. The van der Waals surface area contributed by atoms with Crippen molar-refractivity contribution in [1.82, 2.24) is 9.97 Å². The van der Waals surface area contributed by atoms with Crippen LogP contribution in [0.25, 0.3) is 11.0 Å². The van der Waals surface area contributed by atoms with Gasteiger partial charge in [0, 0.05) is 18.6 Å². The van der Waals surface area contributed by atoms with Crippen LogP contribution < -0.4 is 5.73 Å². The third-order valence-electron chi connectivity index (χ3n) is 2.01. The molecule has 5 heteroatoms. The molecule has 0 aliphatic rings. The molecule has 80 valence electrons. The highest BCUT2D eigenvalue weighted by Gasteiger charge is 2.02. The summed E-state index contributed by atoms with van der Waals surface area (Å²) in [5, 5.41) is 0.910. The zero-order chi connectivity index (χ0) is 10.7. The van der Waals surface area contributed by atoms with Crippen molar-refractivity contribution in [2.24, 2.45) is 0 Å². The molecule has 4 nitrogen and oxygen atoms in total. The molecule has 1 aromatic carbocycles. The van der Waals surface area contributed by atoms with Crippen LogP contribution in [0.15, 0.2) is 23.4 Å². The molecule has 0 bridgehead atoms. The molecule has 0 spiro atoms. The molecule has 0 saturated heterocycles. The van der Waals surface area contributed by atoms with Crippen LogP contribution in [0.2, 0.25) is 0 Å². The van der Waals surface area contributed by atoms with Gasteiger partial charge in [0.2, 0.25) is 0 Å². The number of nitrogens with two attached hydrogens (primary N) is 1. The van der Waals surface area contributed by atoms with Gasteiger partial charge in [0.15, 0.2) is 5.16 Å². The summed E-state index contributed by atoms with van der Waals surface area (Å²) in [5.41, 5.74) is 8.36. The Kier molecular flexibility index (Phi) is 3.13. The second-order valence-corrected chi connectivity index (χ2v) is 4.24. The topological polar surface area (TPSA) is 63.9 Å². The summed E-state index contributed by atoms with van der Waals surface area (Å²) in [5.74, 6) is 0.895. The average molecular weight is 223 g/mol. The van der Waals surface area contributed by atoms with E-state index in [-0.39, 0.29) is 0 Å². The lowest BCUT2D eigenvalue weighted by atomic mass is 10.3. The molecule has 1 aromatic heterocycles. The van der Waals surface area contributed by atoms with Crippen molar-refractivity contribution in [3.05, 3.63) is 18.2 Å². The first kappa shape index (κ1) is 10.3. The highest BCUT2D eigenvalue weighted by atomic mass is 32.2. The number of methoxy groups -OCH3 is 1. The predicted octanol–water partition coefficient (Wildman–Crippen LogP) is 1.88. The number of nitrogens with one attached hydrogen (secondary N) is 1. The summed E-state index contributed by atoms with van der Waals surface area (Å²) in [4.78, 5) is 7.63. The highest BCUT2D eigenvalue weighted by Crippen LogP contribution is 2.20. The summed E-state index contributed by atoms with van der Waals surface area (Å²) >= 11 is 1.64. The van der Waals surface area contributed by atoms with Gasteiger partial charge in [-0.05, 0) is 18.2 Å². The van der Waals surface area contributed by atoms with E-state index < -0.39 is 0 Å². The third-order valence-corrected chi connectivity index (χ3v) is 2.85. The van der Waals surface area contributed by atoms with Crippen LogP contribution in [0.1, 0.15) is 0 Å². The number of imidazole rings is 1. The van der Waals surface area contributed by atoms with Crippen molar-refractivity contribution in [3.63, 3.8) is 0 Å². The minimum Gasteiger partial charge on any atom is -0.399 e. The van der Waals surface area contributed by atoms with Crippen LogP contribution >= 0.6 is 11.8 Å². The van der Waals surface area contributed by atoms with Crippen molar-refractivity contribution >= 4 is 28.5 Å². The van der Waals surface area contributed by atoms with Crippen LogP contribution in [0.5, 0.6) is 0 Å². The number of ether oxygens (including phenoxy) is 1. The number of H-pyrrole nitrogens is 1. The fourth-order valence-electron chi connectivity index (χ4n) is 1.29. The number of hydrogen-bond donors (Lipinski definition) is 2. The van der Waals surface area contributed by atoms with Crippen LogP contribution in [-0.4, -0.2) is 29.4 Å². The minimum atomic E-state index is 0.726. The number of rotatable bonds is 4. The lowest BCUT2D eigenvalue weighted by Gasteiger charge is -1.94. The maximum absolute atomic E-state index is 5.68. The number of aromatic amines is 1. The summed E-state index contributed by atoms with van der Waals surface area (Å²) in [6, 6.07) is 5.66. The van der Waals surface area contributed by atoms with Gasteiger partial charge < -0.3 is 15.5 Å². The number of hydrogen-bond acceptors (Lipinski definition) is 4. The number of thioether (sulfide) groups is 1. The van der Waals surface area contributed by atoms with Gasteiger partial charge in [-0.15, -0.1) is 0 Å². The summed E-state index contributed by atoms with van der Waals surface area (Å²) in [6.45, 7) is 0.726. The van der Waals surface area contributed by atoms with Crippen molar-refractivity contribution in [2.45, 2.75) is 5.16 Å². The van der Waals surface area contributed by atoms with Crippen LogP contribution in [0.3, 0.4) is 0 Å². The first-order chi connectivity index (χ1) is 7.29. The monoisotopic (exact) mass is 223 g/mol. The summed E-state index contributed by atoms with van der Waals surface area (Å²) in [6.07, 6.45) is 0. The van der Waals surface area contributed by atoms with E-state index in [1.54, 1.807) is 18.9 Å². The van der Waals surface area contributed by atoms with E-state index in [0.29, 0.717) is 0 Å². The molecular formula is C10H13N3OS. The molecular weight excluding hydrogens is 210 g/mol. The fraction of sp³-hybridized carbons (Fsp3) is 0.300. The molecule has 0 saturated carbocycles. The standard InChI is InChI=1S/C10H13N3OS/c1-14-4-5-15-10-12-8-3-2-7(11)6-9(8)13-10/h2-3,6H,4-5,11H2,1H3,(H,12,13). The normalized spacial score (nSPS) is 11.0. The SMILES string of the molecule is COCCSc1nc2ccc(N)cc2[nH]1. The van der Waals surface area contributed by atoms with E-state index in [0.717, 1.165) is 34.2 Å². The van der Waals surface area contributed by atoms with Gasteiger partial charge in [-0.3, -0.25) is 0 Å². The average Bonchev–Trinajstić information content (AvgIpc) is 2.60. The van der Waals surface area contributed by atoms with Crippen LogP contribution in [0.4, 0.5) is 5.69 Å². The Morgan fingerprint density at radius 3 is 3.20 bits per heavy atom. The molecule has 0 fully saturated rings. The molecule has 0 unspecified atom stereocenters. The molecule has 0 aliphatic carbocycles. The second kappa shape index (κ2) is 4.55. The minimum absolute atomic E-state index is 0.726. The molecule has 0 radical (unpaired) electrons. The van der Waals surface area contributed by atoms with Crippen molar-refractivity contribution in [2.75, 3.05) is 25.2 Å². The van der Waals surface area contributed by atoms with Gasteiger partial charge in [0.1, 0.15) is 0 Å². The van der Waals surface area contributed by atoms with Gasteiger partial charge in [-0.1, -0.05) is 11.8 Å². The third kappa shape index (κ3) is 2.43. The molecule has 2 aromatic rings. The molecule has 0 amide bonds. The lowest BCUT2D eigenvalue weighted by molar-refractivity contribution is 0.218. The van der Waals surface area contributed by atoms with Gasteiger partial charge in [0.05, 0.1) is 17.6 Å². The van der Waals surface area contributed by atoms with Crippen molar-refractivity contribution in [1.29, 1.82) is 0 Å². The molecule has 1 heterocycles. The Balaban J connectivity index is 2.16. The van der Waals surface area contributed by atoms with E-state index in [1.807, 2.05) is 18.2 Å². The van der Waals surface area contributed by atoms with Crippen LogP contribution in [-0.2, 0) is 4.74 Å². The maximum Gasteiger partial charge on any atom is 0.166 e. The Hall–Kier alpha value is -1.20. The van der Waals surface area contributed by atoms with Gasteiger partial charge in [0.25, 0.3) is 0 Å². The number of benzene rings is 1. The second-order valence-electron chi connectivity index (χ2n) is 3.16. The fourth-order valence-corrected chi connectivity index (χ4v) is 2.08. The maximum atomic E-state index is 5.68. The number of nitrogen functional groups attached to an aromatic ring is 1.